The molecule has 0 aromatic carbocycles. The molecule has 0 rings (SSSR count). The smallest absolute Gasteiger partial charge is 0.374 e. The molecule has 0 atom stereocenters. The Bertz CT molecular complexity index is 250. The number of amides is 2. The van der Waals surface area contributed by atoms with E-state index in [0.717, 1.165) is 0 Å². The van der Waals surface area contributed by atoms with Gasteiger partial charge in [-0.15, -0.1) is 0 Å². The maximum Gasteiger partial charge on any atom is 0.374 e. The van der Waals surface area contributed by atoms with Crippen LogP contribution in [-0.4, -0.2) is 42.0 Å². The lowest BCUT2D eigenvalue weighted by Gasteiger charge is -1.98. The zero-order valence-electron chi connectivity index (χ0n) is 8.41. The van der Waals surface area contributed by atoms with Crippen LogP contribution in [0.2, 0.25) is 0 Å². The normalized spacial score (nSPS) is 9.94. The van der Waals surface area contributed by atoms with E-state index >= 15 is 0 Å². The van der Waals surface area contributed by atoms with Gasteiger partial charge in [-0.3, -0.25) is 9.59 Å². The molecule has 0 aliphatic heterocycles. The fraction of sp³-hybridized carbons (Fsp3) is 0.571. The minimum atomic E-state index is -3.58. The Labute approximate surface area is 89.3 Å². The number of carboxylic acid groups (broad SMARTS) is 1. The van der Waals surface area contributed by atoms with Crippen molar-refractivity contribution in [3.63, 3.8) is 0 Å². The van der Waals surface area contributed by atoms with Crippen LogP contribution in [-0.2, 0) is 19.1 Å². The van der Waals surface area contributed by atoms with Gasteiger partial charge in [0.25, 0.3) is 0 Å². The number of carbonyl (C=O) groups is 3. The van der Waals surface area contributed by atoms with E-state index in [9.17, 15) is 23.2 Å². The molecule has 7 nitrogen and oxygen atoms in total. The summed E-state index contributed by atoms with van der Waals surface area (Å²) >= 11 is 0. The molecule has 0 aliphatic carbocycles. The Morgan fingerprint density at radius 1 is 1.19 bits per heavy atom. The Morgan fingerprint density at radius 2 is 1.44 bits per heavy atom. The number of carbonyl (C=O) groups excluding carboxylic acids is 2. The van der Waals surface area contributed by atoms with Gasteiger partial charge >= 0.3 is 11.9 Å². The summed E-state index contributed by atoms with van der Waals surface area (Å²) in [7, 11) is 0. The summed E-state index contributed by atoms with van der Waals surface area (Å²) in [5, 5.41) is 7.50. The standard InChI is InChI=1S/C4H8N2O3.C3H4F2O2/c5-3(7)1-9-2-4(6)8;1-3(4,5)2(6)7/h1-2H2,(H2,5,7)(H2,6,8);1H3,(H,6,7). The topological polar surface area (TPSA) is 133 Å². The largest absolute Gasteiger partial charge is 0.477 e. The van der Waals surface area contributed by atoms with Gasteiger partial charge < -0.3 is 21.3 Å². The second kappa shape index (κ2) is 7.51. The van der Waals surface area contributed by atoms with Gasteiger partial charge in [0, 0.05) is 6.92 Å². The Kier molecular flexibility index (Phi) is 7.82. The molecule has 0 saturated carbocycles. The molecule has 9 heteroatoms. The van der Waals surface area contributed by atoms with E-state index in [2.05, 4.69) is 16.2 Å². The lowest BCUT2D eigenvalue weighted by molar-refractivity contribution is -0.161. The van der Waals surface area contributed by atoms with Crippen molar-refractivity contribution < 1.29 is 33.0 Å². The van der Waals surface area contributed by atoms with Crippen molar-refractivity contribution in [2.24, 2.45) is 11.5 Å². The van der Waals surface area contributed by atoms with Crippen molar-refractivity contribution >= 4 is 17.8 Å². The summed E-state index contributed by atoms with van der Waals surface area (Å²) in [6.07, 6.45) is 0. The summed E-state index contributed by atoms with van der Waals surface area (Å²) in [4.78, 5) is 29.1. The molecule has 5 N–H and O–H groups in total. The number of halogens is 2. The maximum absolute atomic E-state index is 11.2. The van der Waals surface area contributed by atoms with E-state index in [0.29, 0.717) is 6.92 Å². The molecule has 94 valence electrons. The van der Waals surface area contributed by atoms with E-state index in [-0.39, 0.29) is 13.2 Å². The molecule has 0 aromatic rings. The molecule has 16 heavy (non-hydrogen) atoms. The fourth-order valence-corrected chi connectivity index (χ4v) is 0.252. The van der Waals surface area contributed by atoms with E-state index in [1.807, 2.05) is 0 Å². The Hall–Kier alpha value is -1.77. The van der Waals surface area contributed by atoms with Crippen LogP contribution in [0.1, 0.15) is 6.92 Å². The van der Waals surface area contributed by atoms with Crippen LogP contribution >= 0.6 is 0 Å². The highest BCUT2D eigenvalue weighted by Crippen LogP contribution is 2.09. The Balaban J connectivity index is 0. The van der Waals surface area contributed by atoms with Crippen molar-refractivity contribution in [1.29, 1.82) is 0 Å². The van der Waals surface area contributed by atoms with Gasteiger partial charge in [-0.2, -0.15) is 8.78 Å². The molecular formula is C7H12F2N2O5. The number of primary amides is 2. The SMILES string of the molecule is CC(F)(F)C(=O)O.NC(=O)COCC(N)=O. The predicted octanol–water partition coefficient (Wildman–Crippen LogP) is -1.30. The van der Waals surface area contributed by atoms with Crippen molar-refractivity contribution in [2.45, 2.75) is 12.8 Å². The van der Waals surface area contributed by atoms with Crippen LogP contribution in [0.5, 0.6) is 0 Å². The quantitative estimate of drug-likeness (QED) is 0.551. The first-order chi connectivity index (χ1) is 7.07. The highest BCUT2D eigenvalue weighted by molar-refractivity contribution is 5.77. The van der Waals surface area contributed by atoms with Gasteiger partial charge in [-0.1, -0.05) is 0 Å². The van der Waals surface area contributed by atoms with Crippen LogP contribution < -0.4 is 11.5 Å². The van der Waals surface area contributed by atoms with Crippen LogP contribution in [0.4, 0.5) is 8.78 Å². The highest BCUT2D eigenvalue weighted by Gasteiger charge is 2.31. The van der Waals surface area contributed by atoms with Crippen molar-refractivity contribution in [3.05, 3.63) is 0 Å². The number of hydrogen-bond acceptors (Lipinski definition) is 4. The molecule has 0 radical (unpaired) electrons. The molecule has 2 amide bonds. The summed E-state index contributed by atoms with van der Waals surface area (Å²) in [6, 6.07) is 0. The second-order valence-corrected chi connectivity index (χ2v) is 2.62. The number of ether oxygens (including phenoxy) is 1. The number of carboxylic acids is 1. The molecule has 0 aromatic heterocycles. The van der Waals surface area contributed by atoms with Gasteiger partial charge in [-0.05, 0) is 0 Å². The molecule has 0 heterocycles. The number of aliphatic carboxylic acids is 1. The van der Waals surface area contributed by atoms with Gasteiger partial charge in [0.1, 0.15) is 13.2 Å². The zero-order valence-corrected chi connectivity index (χ0v) is 8.41. The van der Waals surface area contributed by atoms with Crippen molar-refractivity contribution in [2.75, 3.05) is 13.2 Å². The van der Waals surface area contributed by atoms with Crippen molar-refractivity contribution in [3.8, 4) is 0 Å². The van der Waals surface area contributed by atoms with Crippen LogP contribution in [0.15, 0.2) is 0 Å². The number of rotatable bonds is 5. The molecule has 0 spiro atoms. The molecule has 0 aliphatic rings. The van der Waals surface area contributed by atoms with E-state index in [1.165, 1.54) is 0 Å². The molecule has 0 fully saturated rings. The zero-order chi connectivity index (χ0) is 13.4. The molecule has 0 unspecified atom stereocenters. The summed E-state index contributed by atoms with van der Waals surface area (Å²) in [5.41, 5.74) is 9.33. The average Bonchev–Trinajstić information content (AvgIpc) is 2.01. The van der Waals surface area contributed by atoms with E-state index in [1.54, 1.807) is 0 Å². The average molecular weight is 242 g/mol. The first-order valence-corrected chi connectivity index (χ1v) is 3.83. The monoisotopic (exact) mass is 242 g/mol. The lowest BCUT2D eigenvalue weighted by Crippen LogP contribution is -2.24. The van der Waals surface area contributed by atoms with Gasteiger partial charge in [0.2, 0.25) is 11.8 Å². The van der Waals surface area contributed by atoms with Crippen LogP contribution in [0, 0.1) is 0 Å². The van der Waals surface area contributed by atoms with Crippen LogP contribution in [0.3, 0.4) is 0 Å². The van der Waals surface area contributed by atoms with E-state index < -0.39 is 23.7 Å². The van der Waals surface area contributed by atoms with Gasteiger partial charge in [0.05, 0.1) is 0 Å². The Morgan fingerprint density at radius 3 is 1.56 bits per heavy atom. The lowest BCUT2D eigenvalue weighted by atomic mass is 10.4. The number of nitrogens with two attached hydrogens (primary N) is 2. The summed E-state index contributed by atoms with van der Waals surface area (Å²) < 4.78 is 26.9. The molecular weight excluding hydrogens is 230 g/mol. The third-order valence-corrected chi connectivity index (χ3v) is 0.864. The molecule has 0 saturated heterocycles. The van der Waals surface area contributed by atoms with Gasteiger partial charge in [-0.25, -0.2) is 4.79 Å². The first kappa shape index (κ1) is 16.7. The maximum atomic E-state index is 11.2. The third kappa shape index (κ3) is 14.7. The second-order valence-electron chi connectivity index (χ2n) is 2.62. The summed E-state index contributed by atoms with van der Waals surface area (Å²) in [6.45, 7) is -0.193. The highest BCUT2D eigenvalue weighted by atomic mass is 19.3. The first-order valence-electron chi connectivity index (χ1n) is 3.83. The predicted molar refractivity (Wildman–Crippen MR) is 47.5 cm³/mol. The number of hydrogen-bond donors (Lipinski definition) is 3. The minimum absolute atomic E-state index is 0.261. The summed E-state index contributed by atoms with van der Waals surface area (Å²) in [5.74, 6) is -6.90. The third-order valence-electron chi connectivity index (χ3n) is 0.864. The van der Waals surface area contributed by atoms with E-state index in [4.69, 9.17) is 5.11 Å². The minimum Gasteiger partial charge on any atom is -0.477 e. The molecule has 0 bridgehead atoms. The number of alkyl halides is 2. The van der Waals surface area contributed by atoms with Crippen LogP contribution in [0.25, 0.3) is 0 Å². The van der Waals surface area contributed by atoms with Crippen molar-refractivity contribution in [1.82, 2.24) is 0 Å². The van der Waals surface area contributed by atoms with Gasteiger partial charge in [0.15, 0.2) is 0 Å². The fourth-order valence-electron chi connectivity index (χ4n) is 0.252.